The molecule has 0 atom stereocenters. The third-order valence-electron chi connectivity index (χ3n) is 7.06. The standard InChI is InChI=1S/C29H33N5O3/c1-32(2)23-8-5-19(6-9-23)28-31-25-10-7-22(30)17-24(25)29(35)34(28)14-13-33-12-11-20-15-26(36-3)27(37-4)16-21(20)18-33/h5-10,15-17H,11-14,18,30H2,1-4H3. The molecule has 0 amide bonds. The average molecular weight is 500 g/mol. The van der Waals surface area contributed by atoms with Gasteiger partial charge in [-0.3, -0.25) is 14.3 Å². The summed E-state index contributed by atoms with van der Waals surface area (Å²) in [6, 6.07) is 17.6. The van der Waals surface area contributed by atoms with Gasteiger partial charge in [0.25, 0.3) is 5.56 Å². The minimum Gasteiger partial charge on any atom is -0.493 e. The zero-order valence-electron chi connectivity index (χ0n) is 21.8. The van der Waals surface area contributed by atoms with Crippen molar-refractivity contribution in [2.75, 3.05) is 52.0 Å². The van der Waals surface area contributed by atoms with Crippen molar-refractivity contribution in [3.63, 3.8) is 0 Å². The van der Waals surface area contributed by atoms with Gasteiger partial charge in [0.15, 0.2) is 11.5 Å². The van der Waals surface area contributed by atoms with E-state index in [0.29, 0.717) is 35.5 Å². The van der Waals surface area contributed by atoms with Crippen LogP contribution in [0.4, 0.5) is 11.4 Å². The molecule has 2 heterocycles. The van der Waals surface area contributed by atoms with Crippen LogP contribution in [0.5, 0.6) is 11.5 Å². The minimum atomic E-state index is -0.0761. The van der Waals surface area contributed by atoms with Crippen molar-refractivity contribution < 1.29 is 9.47 Å². The second-order valence-corrected chi connectivity index (χ2v) is 9.61. The molecule has 0 radical (unpaired) electrons. The van der Waals surface area contributed by atoms with Gasteiger partial charge in [0.1, 0.15) is 5.82 Å². The predicted molar refractivity (Wildman–Crippen MR) is 149 cm³/mol. The van der Waals surface area contributed by atoms with E-state index in [1.165, 1.54) is 11.1 Å². The van der Waals surface area contributed by atoms with Crippen LogP contribution < -0.4 is 25.7 Å². The normalized spacial score (nSPS) is 13.4. The minimum absolute atomic E-state index is 0.0761. The maximum absolute atomic E-state index is 13.7. The van der Waals surface area contributed by atoms with Crippen LogP contribution in [0.15, 0.2) is 59.4 Å². The molecule has 1 aromatic heterocycles. The average Bonchev–Trinajstić information content (AvgIpc) is 2.91. The highest BCUT2D eigenvalue weighted by atomic mass is 16.5. The molecule has 0 aliphatic carbocycles. The van der Waals surface area contributed by atoms with Crippen LogP contribution >= 0.6 is 0 Å². The highest BCUT2D eigenvalue weighted by molar-refractivity contribution is 5.83. The maximum atomic E-state index is 13.7. The maximum Gasteiger partial charge on any atom is 0.261 e. The van der Waals surface area contributed by atoms with E-state index >= 15 is 0 Å². The fraction of sp³-hybridized carbons (Fsp3) is 0.310. The largest absolute Gasteiger partial charge is 0.493 e. The Balaban J connectivity index is 1.47. The Kier molecular flexibility index (Phi) is 6.76. The van der Waals surface area contributed by atoms with E-state index in [1.54, 1.807) is 30.9 Å². The highest BCUT2D eigenvalue weighted by Gasteiger charge is 2.21. The van der Waals surface area contributed by atoms with Crippen molar-refractivity contribution in [3.05, 3.63) is 76.1 Å². The molecule has 0 bridgehead atoms. The molecule has 0 spiro atoms. The van der Waals surface area contributed by atoms with Crippen molar-refractivity contribution in [1.82, 2.24) is 14.5 Å². The van der Waals surface area contributed by atoms with Gasteiger partial charge in [-0.05, 0) is 72.1 Å². The van der Waals surface area contributed by atoms with Crippen molar-refractivity contribution in [3.8, 4) is 22.9 Å². The van der Waals surface area contributed by atoms with Gasteiger partial charge in [-0.15, -0.1) is 0 Å². The topological polar surface area (TPSA) is 85.8 Å². The first-order chi connectivity index (χ1) is 17.9. The third-order valence-corrected chi connectivity index (χ3v) is 7.06. The van der Waals surface area contributed by atoms with Crippen LogP contribution in [0, 0.1) is 0 Å². The molecular formula is C29H33N5O3. The number of ether oxygens (including phenoxy) is 2. The Morgan fingerprint density at radius 3 is 2.32 bits per heavy atom. The van der Waals surface area contributed by atoms with Gasteiger partial charge >= 0.3 is 0 Å². The number of fused-ring (bicyclic) bond motifs is 2. The van der Waals surface area contributed by atoms with E-state index in [4.69, 9.17) is 20.2 Å². The number of nitrogens with zero attached hydrogens (tertiary/aromatic N) is 4. The fourth-order valence-electron chi connectivity index (χ4n) is 4.95. The zero-order valence-corrected chi connectivity index (χ0v) is 21.8. The van der Waals surface area contributed by atoms with E-state index < -0.39 is 0 Å². The summed E-state index contributed by atoms with van der Waals surface area (Å²) in [5, 5.41) is 0.537. The first-order valence-corrected chi connectivity index (χ1v) is 12.4. The molecule has 0 saturated heterocycles. The van der Waals surface area contributed by atoms with E-state index in [9.17, 15) is 4.79 Å². The van der Waals surface area contributed by atoms with Crippen LogP contribution in [0.1, 0.15) is 11.1 Å². The number of nitrogen functional groups attached to an aromatic ring is 1. The zero-order chi connectivity index (χ0) is 26.1. The first kappa shape index (κ1) is 24.6. The number of benzene rings is 3. The number of nitrogens with two attached hydrogens (primary N) is 1. The number of methoxy groups -OCH3 is 2. The Morgan fingerprint density at radius 2 is 1.65 bits per heavy atom. The van der Waals surface area contributed by atoms with Gasteiger partial charge in [0.05, 0.1) is 25.1 Å². The summed E-state index contributed by atoms with van der Waals surface area (Å²) >= 11 is 0. The molecular weight excluding hydrogens is 466 g/mol. The Bertz CT molecular complexity index is 1490. The SMILES string of the molecule is COc1cc2c(cc1OC)CN(CCn1c(-c3ccc(N(C)C)cc3)nc3ccc(N)cc3c1=O)CC2. The molecule has 4 aromatic rings. The Morgan fingerprint density at radius 1 is 0.946 bits per heavy atom. The molecule has 0 unspecified atom stereocenters. The van der Waals surface area contributed by atoms with Gasteiger partial charge in [-0.2, -0.15) is 0 Å². The van der Waals surface area contributed by atoms with Crippen LogP contribution in [0.2, 0.25) is 0 Å². The van der Waals surface area contributed by atoms with Crippen molar-refractivity contribution in [2.24, 2.45) is 0 Å². The fourth-order valence-corrected chi connectivity index (χ4v) is 4.95. The molecule has 0 saturated carbocycles. The smallest absolute Gasteiger partial charge is 0.261 e. The summed E-state index contributed by atoms with van der Waals surface area (Å²) < 4.78 is 12.8. The van der Waals surface area contributed by atoms with Crippen molar-refractivity contribution in [1.29, 1.82) is 0 Å². The van der Waals surface area contributed by atoms with Crippen LogP contribution in [0.25, 0.3) is 22.3 Å². The summed E-state index contributed by atoms with van der Waals surface area (Å²) in [5.41, 5.74) is 11.6. The van der Waals surface area contributed by atoms with Crippen LogP contribution in [-0.2, 0) is 19.5 Å². The quantitative estimate of drug-likeness (QED) is 0.387. The van der Waals surface area contributed by atoms with Crippen LogP contribution in [-0.4, -0.2) is 55.9 Å². The molecule has 8 heteroatoms. The Hall–Kier alpha value is -4.04. The summed E-state index contributed by atoms with van der Waals surface area (Å²) in [6.07, 6.45) is 0.913. The van der Waals surface area contributed by atoms with Gasteiger partial charge in [0, 0.05) is 57.2 Å². The Labute approximate surface area is 216 Å². The van der Waals surface area contributed by atoms with E-state index in [0.717, 1.165) is 42.3 Å². The number of anilines is 2. The number of hydrogen-bond donors (Lipinski definition) is 1. The molecule has 1 aliphatic heterocycles. The van der Waals surface area contributed by atoms with Crippen molar-refractivity contribution in [2.45, 2.75) is 19.5 Å². The van der Waals surface area contributed by atoms with Gasteiger partial charge in [-0.1, -0.05) is 0 Å². The third kappa shape index (κ3) is 4.84. The van der Waals surface area contributed by atoms with E-state index in [2.05, 4.69) is 17.0 Å². The first-order valence-electron chi connectivity index (χ1n) is 12.4. The predicted octanol–water partition coefficient (Wildman–Crippen LogP) is 3.79. The summed E-state index contributed by atoms with van der Waals surface area (Å²) in [6.45, 7) is 2.92. The molecule has 192 valence electrons. The van der Waals surface area contributed by atoms with Gasteiger partial charge in [0.2, 0.25) is 0 Å². The molecule has 8 nitrogen and oxygen atoms in total. The number of aromatic nitrogens is 2. The second kappa shape index (κ2) is 10.1. The summed E-state index contributed by atoms with van der Waals surface area (Å²) in [7, 11) is 7.33. The van der Waals surface area contributed by atoms with Crippen molar-refractivity contribution >= 4 is 22.3 Å². The molecule has 1 aliphatic rings. The lowest BCUT2D eigenvalue weighted by Gasteiger charge is -2.30. The molecule has 2 N–H and O–H groups in total. The number of rotatable bonds is 7. The summed E-state index contributed by atoms with van der Waals surface area (Å²) in [5.74, 6) is 2.16. The highest BCUT2D eigenvalue weighted by Crippen LogP contribution is 2.33. The monoisotopic (exact) mass is 499 g/mol. The lowest BCUT2D eigenvalue weighted by molar-refractivity contribution is 0.242. The van der Waals surface area contributed by atoms with E-state index in [1.807, 2.05) is 49.3 Å². The lowest BCUT2D eigenvalue weighted by atomic mass is 9.99. The van der Waals surface area contributed by atoms with Crippen LogP contribution in [0.3, 0.4) is 0 Å². The lowest BCUT2D eigenvalue weighted by Crippen LogP contribution is -2.35. The van der Waals surface area contributed by atoms with Gasteiger partial charge in [-0.25, -0.2) is 4.98 Å². The van der Waals surface area contributed by atoms with Gasteiger partial charge < -0.3 is 20.1 Å². The molecule has 37 heavy (non-hydrogen) atoms. The molecule has 3 aromatic carbocycles. The number of hydrogen-bond acceptors (Lipinski definition) is 7. The molecule has 5 rings (SSSR count). The molecule has 0 fully saturated rings. The summed E-state index contributed by atoms with van der Waals surface area (Å²) in [4.78, 5) is 23.0. The van der Waals surface area contributed by atoms with E-state index in [-0.39, 0.29) is 5.56 Å². The second-order valence-electron chi connectivity index (χ2n) is 9.61.